The first-order valence-corrected chi connectivity index (χ1v) is 6.81. The number of anilines is 1. The van der Waals surface area contributed by atoms with Crippen LogP contribution >= 0.6 is 0 Å². The molecule has 0 fully saturated rings. The lowest BCUT2D eigenvalue weighted by molar-refractivity contribution is -0.121. The van der Waals surface area contributed by atoms with E-state index in [0.717, 1.165) is 29.0 Å². The summed E-state index contributed by atoms with van der Waals surface area (Å²) in [6.07, 6.45) is 0.730. The van der Waals surface area contributed by atoms with E-state index in [4.69, 9.17) is 4.74 Å². The van der Waals surface area contributed by atoms with Gasteiger partial charge in [0, 0.05) is 5.69 Å². The van der Waals surface area contributed by atoms with Crippen LogP contribution in [0.25, 0.3) is 0 Å². The van der Waals surface area contributed by atoms with Gasteiger partial charge >= 0.3 is 0 Å². The van der Waals surface area contributed by atoms with Crippen molar-refractivity contribution in [1.82, 2.24) is 0 Å². The highest BCUT2D eigenvalue weighted by molar-refractivity contribution is 5.93. The molecule has 20 heavy (non-hydrogen) atoms. The maximum atomic E-state index is 12.3. The fraction of sp³-hybridized carbons (Fsp3) is 0.235. The van der Waals surface area contributed by atoms with Crippen LogP contribution in [0.15, 0.2) is 48.5 Å². The third-order valence-corrected chi connectivity index (χ3v) is 3.65. The molecule has 0 bridgehead atoms. The molecule has 0 aromatic heterocycles. The van der Waals surface area contributed by atoms with Gasteiger partial charge in [0.05, 0.1) is 5.92 Å². The Morgan fingerprint density at radius 3 is 2.75 bits per heavy atom. The molecule has 102 valence electrons. The number of ether oxygens (including phenoxy) is 1. The van der Waals surface area contributed by atoms with E-state index in [0.29, 0.717) is 6.61 Å². The summed E-state index contributed by atoms with van der Waals surface area (Å²) in [4.78, 5) is 12.3. The lowest BCUT2D eigenvalue weighted by Gasteiger charge is -2.24. The van der Waals surface area contributed by atoms with Crippen molar-refractivity contribution in [3.05, 3.63) is 59.7 Å². The maximum Gasteiger partial charge on any atom is 0.231 e. The van der Waals surface area contributed by atoms with Crippen LogP contribution in [-0.4, -0.2) is 12.5 Å². The Morgan fingerprint density at radius 1 is 1.15 bits per heavy atom. The Bertz CT molecular complexity index is 636. The second kappa shape index (κ2) is 5.37. The Kier molecular flexibility index (Phi) is 3.42. The fourth-order valence-electron chi connectivity index (χ4n) is 2.44. The van der Waals surface area contributed by atoms with Gasteiger partial charge in [0.15, 0.2) is 0 Å². The fourth-order valence-corrected chi connectivity index (χ4v) is 2.44. The largest absolute Gasteiger partial charge is 0.492 e. The molecular formula is C17H17NO2. The SMILES string of the molecule is Cc1ccccc1NC(=O)C1COc2ccccc2C1. The number of hydrogen-bond donors (Lipinski definition) is 1. The molecule has 1 aliphatic rings. The van der Waals surface area contributed by atoms with E-state index in [1.807, 2.05) is 55.5 Å². The van der Waals surface area contributed by atoms with Crippen LogP contribution in [0.3, 0.4) is 0 Å². The number of aryl methyl sites for hydroxylation is 1. The second-order valence-electron chi connectivity index (χ2n) is 5.12. The molecule has 1 unspecified atom stereocenters. The van der Waals surface area contributed by atoms with Crippen molar-refractivity contribution in [2.24, 2.45) is 5.92 Å². The van der Waals surface area contributed by atoms with Crippen molar-refractivity contribution in [1.29, 1.82) is 0 Å². The number of nitrogens with one attached hydrogen (secondary N) is 1. The quantitative estimate of drug-likeness (QED) is 0.907. The predicted molar refractivity (Wildman–Crippen MR) is 78.9 cm³/mol. The minimum atomic E-state index is -0.135. The molecule has 1 aliphatic heterocycles. The summed E-state index contributed by atoms with van der Waals surface area (Å²) in [5.41, 5.74) is 3.04. The number of amides is 1. The van der Waals surface area contributed by atoms with Crippen LogP contribution in [0.5, 0.6) is 5.75 Å². The van der Waals surface area contributed by atoms with Crippen molar-refractivity contribution < 1.29 is 9.53 Å². The zero-order valence-corrected chi connectivity index (χ0v) is 11.4. The summed E-state index contributed by atoms with van der Waals surface area (Å²) < 4.78 is 5.66. The molecule has 2 aromatic rings. The topological polar surface area (TPSA) is 38.3 Å². The average molecular weight is 267 g/mol. The zero-order chi connectivity index (χ0) is 13.9. The molecule has 3 heteroatoms. The van der Waals surface area contributed by atoms with E-state index in [1.54, 1.807) is 0 Å². The number of hydrogen-bond acceptors (Lipinski definition) is 2. The van der Waals surface area contributed by atoms with Crippen molar-refractivity contribution in [2.45, 2.75) is 13.3 Å². The number of benzene rings is 2. The van der Waals surface area contributed by atoms with Gasteiger partial charge in [-0.1, -0.05) is 36.4 Å². The van der Waals surface area contributed by atoms with Gasteiger partial charge in [-0.15, -0.1) is 0 Å². The Balaban J connectivity index is 1.72. The zero-order valence-electron chi connectivity index (χ0n) is 11.4. The van der Waals surface area contributed by atoms with E-state index in [9.17, 15) is 4.79 Å². The number of fused-ring (bicyclic) bond motifs is 1. The lowest BCUT2D eigenvalue weighted by atomic mass is 9.96. The molecule has 1 N–H and O–H groups in total. The Hall–Kier alpha value is -2.29. The van der Waals surface area contributed by atoms with Gasteiger partial charge in [-0.25, -0.2) is 0 Å². The molecular weight excluding hydrogens is 250 g/mol. The van der Waals surface area contributed by atoms with Gasteiger partial charge < -0.3 is 10.1 Å². The third-order valence-electron chi connectivity index (χ3n) is 3.65. The molecule has 3 rings (SSSR count). The summed E-state index contributed by atoms with van der Waals surface area (Å²) in [5.74, 6) is 0.783. The van der Waals surface area contributed by atoms with E-state index in [2.05, 4.69) is 5.32 Å². The standard InChI is InChI=1S/C17H17NO2/c1-12-6-2-4-8-15(12)18-17(19)14-10-13-7-3-5-9-16(13)20-11-14/h2-9,14H,10-11H2,1H3,(H,18,19). The van der Waals surface area contributed by atoms with Crippen LogP contribution in [0, 0.1) is 12.8 Å². The minimum Gasteiger partial charge on any atom is -0.492 e. The molecule has 1 heterocycles. The van der Waals surface area contributed by atoms with E-state index < -0.39 is 0 Å². The summed E-state index contributed by atoms with van der Waals surface area (Å²) in [6.45, 7) is 2.43. The summed E-state index contributed by atoms with van der Waals surface area (Å²) in [6, 6.07) is 15.7. The highest BCUT2D eigenvalue weighted by Gasteiger charge is 2.25. The Labute approximate surface area is 118 Å². The first-order valence-electron chi connectivity index (χ1n) is 6.81. The van der Waals surface area contributed by atoms with E-state index in [-0.39, 0.29) is 11.8 Å². The Morgan fingerprint density at radius 2 is 1.90 bits per heavy atom. The van der Waals surface area contributed by atoms with E-state index in [1.165, 1.54) is 0 Å². The number of para-hydroxylation sites is 2. The predicted octanol–water partition coefficient (Wildman–Crippen LogP) is 3.18. The highest BCUT2D eigenvalue weighted by atomic mass is 16.5. The molecule has 0 aliphatic carbocycles. The molecule has 1 atom stereocenters. The van der Waals surface area contributed by atoms with Crippen LogP contribution < -0.4 is 10.1 Å². The van der Waals surface area contributed by atoms with Gasteiger partial charge in [-0.05, 0) is 36.6 Å². The van der Waals surface area contributed by atoms with Crippen molar-refractivity contribution in [2.75, 3.05) is 11.9 Å². The average Bonchev–Trinajstić information content (AvgIpc) is 2.49. The number of rotatable bonds is 2. The van der Waals surface area contributed by atoms with Crippen molar-refractivity contribution in [3.8, 4) is 5.75 Å². The molecule has 1 amide bonds. The molecule has 0 saturated carbocycles. The molecule has 3 nitrogen and oxygen atoms in total. The van der Waals surface area contributed by atoms with Crippen molar-refractivity contribution in [3.63, 3.8) is 0 Å². The molecule has 0 spiro atoms. The van der Waals surface area contributed by atoms with Gasteiger partial charge in [0.1, 0.15) is 12.4 Å². The highest BCUT2D eigenvalue weighted by Crippen LogP contribution is 2.27. The lowest BCUT2D eigenvalue weighted by Crippen LogP contribution is -2.32. The van der Waals surface area contributed by atoms with Gasteiger partial charge in [0.25, 0.3) is 0 Å². The summed E-state index contributed by atoms with van der Waals surface area (Å²) >= 11 is 0. The number of carbonyl (C=O) groups excluding carboxylic acids is 1. The minimum absolute atomic E-state index is 0.0220. The summed E-state index contributed by atoms with van der Waals surface area (Å²) in [7, 11) is 0. The van der Waals surface area contributed by atoms with Crippen LogP contribution in [0.4, 0.5) is 5.69 Å². The smallest absolute Gasteiger partial charge is 0.231 e. The second-order valence-corrected chi connectivity index (χ2v) is 5.12. The summed E-state index contributed by atoms with van der Waals surface area (Å²) in [5, 5.41) is 2.99. The van der Waals surface area contributed by atoms with Gasteiger partial charge in [0.2, 0.25) is 5.91 Å². The van der Waals surface area contributed by atoms with Crippen LogP contribution in [0.2, 0.25) is 0 Å². The van der Waals surface area contributed by atoms with Crippen LogP contribution in [0.1, 0.15) is 11.1 Å². The third kappa shape index (κ3) is 2.52. The molecule has 2 aromatic carbocycles. The molecule has 0 radical (unpaired) electrons. The first kappa shape index (κ1) is 12.7. The first-order chi connectivity index (χ1) is 9.74. The number of carbonyl (C=O) groups is 1. The van der Waals surface area contributed by atoms with Crippen molar-refractivity contribution >= 4 is 11.6 Å². The molecule has 0 saturated heterocycles. The maximum absolute atomic E-state index is 12.3. The van der Waals surface area contributed by atoms with Crippen LogP contribution in [-0.2, 0) is 11.2 Å². The van der Waals surface area contributed by atoms with Gasteiger partial charge in [-0.3, -0.25) is 4.79 Å². The monoisotopic (exact) mass is 267 g/mol. The van der Waals surface area contributed by atoms with Gasteiger partial charge in [-0.2, -0.15) is 0 Å². The van der Waals surface area contributed by atoms with E-state index >= 15 is 0 Å². The normalized spacial score (nSPS) is 16.9.